The van der Waals surface area contributed by atoms with Gasteiger partial charge >= 0.3 is 5.69 Å². The Morgan fingerprint density at radius 2 is 2.00 bits per heavy atom. The van der Waals surface area contributed by atoms with Gasteiger partial charge in [0.15, 0.2) is 5.76 Å². The summed E-state index contributed by atoms with van der Waals surface area (Å²) in [6, 6.07) is 9.78. The molecule has 2 N–H and O–H groups in total. The first-order valence-corrected chi connectivity index (χ1v) is 13.3. The number of imidazole rings is 1. The van der Waals surface area contributed by atoms with E-state index < -0.39 is 6.29 Å². The Kier molecular flexibility index (Phi) is 7.86. The Bertz CT molecular complexity index is 1240. The first-order chi connectivity index (χ1) is 17.6. The molecular formula is C26H31N3O6S. The number of para-hydroxylation sites is 2. The van der Waals surface area contributed by atoms with Gasteiger partial charge in [0, 0.05) is 31.5 Å². The Morgan fingerprint density at radius 3 is 2.78 bits per heavy atom. The monoisotopic (exact) mass is 513 g/mol. The van der Waals surface area contributed by atoms with Crippen LogP contribution in [0.25, 0.3) is 11.0 Å². The van der Waals surface area contributed by atoms with Crippen molar-refractivity contribution < 1.29 is 24.1 Å². The van der Waals surface area contributed by atoms with Gasteiger partial charge in [-0.25, -0.2) is 4.79 Å². The number of hydrogen-bond donors (Lipinski definition) is 2. The van der Waals surface area contributed by atoms with E-state index in [4.69, 9.17) is 19.3 Å². The van der Waals surface area contributed by atoms with E-state index in [1.807, 2.05) is 40.3 Å². The number of carbonyl (C=O) groups excluding carboxylic acids is 1. The number of likely N-dealkylation sites (tertiary alicyclic amines) is 1. The number of ether oxygens (including phenoxy) is 3. The quantitative estimate of drug-likeness (QED) is 0.426. The molecule has 1 amide bonds. The number of rotatable bonds is 9. The molecule has 0 bridgehead atoms. The topological polar surface area (TPSA) is 106 Å². The van der Waals surface area contributed by atoms with Crippen LogP contribution in [-0.4, -0.2) is 71.3 Å². The molecule has 1 aromatic carbocycles. The van der Waals surface area contributed by atoms with Crippen molar-refractivity contribution in [2.75, 3.05) is 39.5 Å². The second kappa shape index (κ2) is 11.4. The zero-order chi connectivity index (χ0) is 24.9. The number of allylic oxidation sites excluding steroid dienone is 1. The average molecular weight is 514 g/mol. The predicted octanol–water partition coefficient (Wildman–Crippen LogP) is 2.99. The smallest absolute Gasteiger partial charge is 0.326 e. The molecular weight excluding hydrogens is 482 g/mol. The van der Waals surface area contributed by atoms with Crippen LogP contribution < -0.4 is 5.69 Å². The maximum Gasteiger partial charge on any atom is 0.326 e. The van der Waals surface area contributed by atoms with Crippen LogP contribution in [0, 0.1) is 0 Å². The lowest BCUT2D eigenvalue weighted by Crippen LogP contribution is -2.42. The number of nitrogens with zero attached hydrogens (tertiary/aromatic N) is 2. The number of aliphatic hydroxyl groups is 1. The van der Waals surface area contributed by atoms with E-state index in [-0.39, 0.29) is 36.8 Å². The third-order valence-electron chi connectivity index (χ3n) is 6.75. The van der Waals surface area contributed by atoms with Crippen molar-refractivity contribution in [3.63, 3.8) is 0 Å². The molecule has 0 radical (unpaired) electrons. The minimum atomic E-state index is -0.557. The normalized spacial score (nSPS) is 20.9. The van der Waals surface area contributed by atoms with Gasteiger partial charge in [-0.1, -0.05) is 12.1 Å². The molecule has 2 unspecified atom stereocenters. The Balaban J connectivity index is 1.25. The lowest BCUT2D eigenvalue weighted by molar-refractivity contribution is -0.157. The van der Waals surface area contributed by atoms with Crippen LogP contribution in [0.3, 0.4) is 0 Å². The van der Waals surface area contributed by atoms with E-state index in [9.17, 15) is 9.59 Å². The van der Waals surface area contributed by atoms with Crippen molar-refractivity contribution in [1.29, 1.82) is 0 Å². The summed E-state index contributed by atoms with van der Waals surface area (Å²) >= 11 is 1.62. The van der Waals surface area contributed by atoms with Gasteiger partial charge < -0.3 is 29.2 Å². The van der Waals surface area contributed by atoms with Gasteiger partial charge in [-0.05, 0) is 53.4 Å². The molecule has 9 nitrogen and oxygen atoms in total. The number of amides is 1. The zero-order valence-electron chi connectivity index (χ0n) is 20.0. The number of carbonyl (C=O) groups is 1. The molecule has 36 heavy (non-hydrogen) atoms. The van der Waals surface area contributed by atoms with Gasteiger partial charge in [0.25, 0.3) is 5.91 Å². The highest BCUT2D eigenvalue weighted by Crippen LogP contribution is 2.34. The van der Waals surface area contributed by atoms with Gasteiger partial charge in [0.1, 0.15) is 0 Å². The fourth-order valence-electron chi connectivity index (χ4n) is 4.95. The number of hydrogen-bond acceptors (Lipinski definition) is 7. The number of fused-ring (bicyclic) bond motifs is 1. The van der Waals surface area contributed by atoms with Crippen molar-refractivity contribution in [3.05, 3.63) is 69.0 Å². The van der Waals surface area contributed by atoms with Crippen molar-refractivity contribution in [2.45, 2.75) is 37.5 Å². The minimum Gasteiger partial charge on any atom is -0.459 e. The molecule has 1 fully saturated rings. The minimum absolute atomic E-state index is 0.0228. The van der Waals surface area contributed by atoms with Gasteiger partial charge in [-0.15, -0.1) is 0 Å². The van der Waals surface area contributed by atoms with Crippen LogP contribution in [0.5, 0.6) is 0 Å². The molecule has 5 rings (SSSR count). The summed E-state index contributed by atoms with van der Waals surface area (Å²) in [7, 11) is 0. The van der Waals surface area contributed by atoms with Crippen LogP contribution in [0.4, 0.5) is 0 Å². The number of aliphatic hydroxyl groups excluding tert-OH is 1. The number of nitrogens with one attached hydrogen (secondary N) is 1. The van der Waals surface area contributed by atoms with E-state index >= 15 is 0 Å². The Labute approximate surface area is 212 Å². The molecule has 3 aromatic rings. The van der Waals surface area contributed by atoms with Gasteiger partial charge in [-0.2, -0.15) is 11.3 Å². The van der Waals surface area contributed by atoms with Crippen molar-refractivity contribution in [2.24, 2.45) is 0 Å². The predicted molar refractivity (Wildman–Crippen MR) is 136 cm³/mol. The molecule has 0 saturated carbocycles. The maximum absolute atomic E-state index is 13.5. The van der Waals surface area contributed by atoms with Crippen LogP contribution in [0.1, 0.15) is 36.8 Å². The average Bonchev–Trinajstić information content (AvgIpc) is 3.56. The van der Waals surface area contributed by atoms with Gasteiger partial charge in [0.2, 0.25) is 6.29 Å². The lowest BCUT2D eigenvalue weighted by atomic mass is 9.95. The van der Waals surface area contributed by atoms with Crippen molar-refractivity contribution >= 4 is 28.3 Å². The summed E-state index contributed by atoms with van der Waals surface area (Å²) < 4.78 is 19.0. The van der Waals surface area contributed by atoms with Gasteiger partial charge in [-0.3, -0.25) is 9.36 Å². The third kappa shape index (κ3) is 5.41. The molecule has 192 valence electrons. The van der Waals surface area contributed by atoms with Crippen molar-refractivity contribution in [1.82, 2.24) is 14.5 Å². The molecule has 2 atom stereocenters. The summed E-state index contributed by atoms with van der Waals surface area (Å²) in [5.41, 5.74) is 2.75. The molecule has 2 aromatic heterocycles. The number of piperidine rings is 1. The molecule has 10 heteroatoms. The number of aromatic amines is 1. The zero-order valence-corrected chi connectivity index (χ0v) is 20.8. The van der Waals surface area contributed by atoms with Crippen LogP contribution in [0.2, 0.25) is 0 Å². The second-order valence-corrected chi connectivity index (χ2v) is 9.80. The Morgan fingerprint density at radius 1 is 1.17 bits per heavy atom. The van der Waals surface area contributed by atoms with Gasteiger partial charge in [0.05, 0.1) is 37.5 Å². The SMILES string of the molecule is O=C(C1=CC(c2ccsc2)CC(OCCOCCO)O1)N1CCC(n2c(=O)[nH]c3ccccc32)CC1. The fourth-order valence-corrected chi connectivity index (χ4v) is 5.68. The fraction of sp³-hybridized carbons (Fsp3) is 0.462. The maximum atomic E-state index is 13.5. The summed E-state index contributed by atoms with van der Waals surface area (Å²) in [4.78, 5) is 30.8. The molecule has 4 heterocycles. The van der Waals surface area contributed by atoms with E-state index in [0.29, 0.717) is 51.3 Å². The van der Waals surface area contributed by atoms with Crippen LogP contribution in [0.15, 0.2) is 57.7 Å². The highest BCUT2D eigenvalue weighted by atomic mass is 32.1. The first kappa shape index (κ1) is 24.8. The second-order valence-electron chi connectivity index (χ2n) is 9.02. The van der Waals surface area contributed by atoms with E-state index in [0.717, 1.165) is 16.6 Å². The molecule has 0 spiro atoms. The van der Waals surface area contributed by atoms with E-state index in [2.05, 4.69) is 16.4 Å². The largest absolute Gasteiger partial charge is 0.459 e. The molecule has 2 aliphatic heterocycles. The third-order valence-corrected chi connectivity index (χ3v) is 7.45. The highest BCUT2D eigenvalue weighted by Gasteiger charge is 2.33. The lowest BCUT2D eigenvalue weighted by Gasteiger charge is -2.35. The number of thiophene rings is 1. The molecule has 1 saturated heterocycles. The van der Waals surface area contributed by atoms with Crippen LogP contribution in [-0.2, 0) is 19.0 Å². The number of aromatic nitrogens is 2. The number of benzene rings is 1. The summed E-state index contributed by atoms with van der Waals surface area (Å²) in [6.07, 6.45) is 3.34. The molecule has 0 aliphatic carbocycles. The van der Waals surface area contributed by atoms with Crippen LogP contribution >= 0.6 is 11.3 Å². The highest BCUT2D eigenvalue weighted by molar-refractivity contribution is 7.08. The number of H-pyrrole nitrogens is 1. The summed E-state index contributed by atoms with van der Waals surface area (Å²) in [6.45, 7) is 1.97. The standard InChI is InChI=1S/C26H31N3O6S/c30-10-11-33-12-13-34-24-16-19(18-7-14-36-17-18)15-23(35-24)25(31)28-8-5-20(6-9-28)29-22-4-2-1-3-21(22)27-26(29)32/h1-4,7,14-15,17,19-20,24,30H,5-6,8-13,16H2,(H,27,32). The summed E-state index contributed by atoms with van der Waals surface area (Å²) in [5.74, 6) is 0.181. The molecule has 2 aliphatic rings. The van der Waals surface area contributed by atoms with Crippen molar-refractivity contribution in [3.8, 4) is 0 Å². The summed E-state index contributed by atoms with van der Waals surface area (Å²) in [5, 5.41) is 13.0. The van der Waals surface area contributed by atoms with E-state index in [1.54, 1.807) is 16.2 Å². The first-order valence-electron chi connectivity index (χ1n) is 12.3. The van der Waals surface area contributed by atoms with E-state index in [1.165, 1.54) is 0 Å². The Hall–Kier alpha value is -2.92.